The predicted octanol–water partition coefficient (Wildman–Crippen LogP) is 2.42. The smallest absolute Gasteiger partial charge is 0.240 e. The van der Waals surface area contributed by atoms with Gasteiger partial charge in [0.15, 0.2) is 0 Å². The molecule has 4 N–H and O–H groups in total. The van der Waals surface area contributed by atoms with Crippen molar-refractivity contribution in [1.82, 2.24) is 4.72 Å². The molecule has 0 amide bonds. The second-order valence-electron chi connectivity index (χ2n) is 5.80. The van der Waals surface area contributed by atoms with E-state index in [1.165, 1.54) is 25.3 Å². The summed E-state index contributed by atoms with van der Waals surface area (Å²) in [5.41, 5.74) is 7.23. The summed E-state index contributed by atoms with van der Waals surface area (Å²) >= 11 is 0. The zero-order chi connectivity index (χ0) is 15.5. The van der Waals surface area contributed by atoms with Gasteiger partial charge in [-0.3, -0.25) is 0 Å². The standard InChI is InChI=1S/C15H25N3O2S/c1-3-18-21(19,20)13-7-8-14(16)15(9-13)17-10-12-6-4-5-11(12)2/h7-9,11-12,17-18H,3-6,10,16H2,1-2H3. The molecule has 0 radical (unpaired) electrons. The third kappa shape index (κ3) is 3.89. The number of hydrogen-bond donors (Lipinski definition) is 3. The summed E-state index contributed by atoms with van der Waals surface area (Å²) in [5, 5.41) is 3.32. The fraction of sp³-hybridized carbons (Fsp3) is 0.600. The van der Waals surface area contributed by atoms with Crippen LogP contribution < -0.4 is 15.8 Å². The Balaban J connectivity index is 2.12. The molecule has 0 spiro atoms. The summed E-state index contributed by atoms with van der Waals surface area (Å²) in [6.45, 7) is 5.25. The average Bonchev–Trinajstić information content (AvgIpc) is 2.83. The normalized spacial score (nSPS) is 22.4. The molecule has 21 heavy (non-hydrogen) atoms. The molecule has 2 atom stereocenters. The molecular formula is C15H25N3O2S. The van der Waals surface area contributed by atoms with E-state index in [2.05, 4.69) is 17.0 Å². The summed E-state index contributed by atoms with van der Waals surface area (Å²) in [4.78, 5) is 0.250. The van der Waals surface area contributed by atoms with Gasteiger partial charge in [0.2, 0.25) is 10.0 Å². The molecule has 1 saturated carbocycles. The molecule has 6 heteroatoms. The van der Waals surface area contributed by atoms with Crippen molar-refractivity contribution in [3.05, 3.63) is 18.2 Å². The molecule has 1 aliphatic carbocycles. The molecular weight excluding hydrogens is 286 g/mol. The Hall–Kier alpha value is -1.27. The maximum absolute atomic E-state index is 12.0. The van der Waals surface area contributed by atoms with Crippen LogP contribution in [0.15, 0.2) is 23.1 Å². The number of benzene rings is 1. The van der Waals surface area contributed by atoms with Gasteiger partial charge in [0, 0.05) is 13.1 Å². The molecule has 1 aromatic carbocycles. The minimum absolute atomic E-state index is 0.250. The SMILES string of the molecule is CCNS(=O)(=O)c1ccc(N)c(NCC2CCCC2C)c1. The van der Waals surface area contributed by atoms with Crippen molar-refractivity contribution in [1.29, 1.82) is 0 Å². The van der Waals surface area contributed by atoms with Crippen molar-refractivity contribution in [3.63, 3.8) is 0 Å². The van der Waals surface area contributed by atoms with Gasteiger partial charge < -0.3 is 11.1 Å². The first kappa shape index (κ1) is 16.1. The topological polar surface area (TPSA) is 84.2 Å². The number of rotatable bonds is 6. The van der Waals surface area contributed by atoms with E-state index < -0.39 is 10.0 Å². The number of hydrogen-bond acceptors (Lipinski definition) is 4. The molecule has 0 heterocycles. The van der Waals surface area contributed by atoms with Crippen molar-refractivity contribution < 1.29 is 8.42 Å². The van der Waals surface area contributed by atoms with Gasteiger partial charge in [-0.15, -0.1) is 0 Å². The van der Waals surface area contributed by atoms with Crippen LogP contribution >= 0.6 is 0 Å². The quantitative estimate of drug-likeness (QED) is 0.704. The van der Waals surface area contributed by atoms with E-state index in [1.807, 2.05) is 0 Å². The van der Waals surface area contributed by atoms with E-state index in [-0.39, 0.29) is 4.90 Å². The summed E-state index contributed by atoms with van der Waals surface area (Å²) in [6.07, 6.45) is 3.78. The number of anilines is 2. The highest BCUT2D eigenvalue weighted by Crippen LogP contribution is 2.32. The lowest BCUT2D eigenvalue weighted by Crippen LogP contribution is -2.23. The molecule has 1 aliphatic rings. The molecule has 5 nitrogen and oxygen atoms in total. The van der Waals surface area contributed by atoms with Crippen molar-refractivity contribution in [2.45, 2.75) is 38.0 Å². The molecule has 0 bridgehead atoms. The van der Waals surface area contributed by atoms with Gasteiger partial charge in [0.1, 0.15) is 0 Å². The van der Waals surface area contributed by atoms with Gasteiger partial charge in [-0.2, -0.15) is 0 Å². The Bertz CT molecular complexity index is 587. The maximum Gasteiger partial charge on any atom is 0.240 e. The highest BCUT2D eigenvalue weighted by molar-refractivity contribution is 7.89. The third-order valence-electron chi connectivity index (χ3n) is 4.26. The minimum Gasteiger partial charge on any atom is -0.397 e. The lowest BCUT2D eigenvalue weighted by molar-refractivity contribution is 0.440. The van der Waals surface area contributed by atoms with E-state index in [0.717, 1.165) is 6.54 Å². The molecule has 118 valence electrons. The summed E-state index contributed by atoms with van der Waals surface area (Å²) in [7, 11) is -3.44. The van der Waals surface area contributed by atoms with E-state index in [1.54, 1.807) is 19.1 Å². The van der Waals surface area contributed by atoms with Crippen LogP contribution in [-0.2, 0) is 10.0 Å². The third-order valence-corrected chi connectivity index (χ3v) is 5.81. The fourth-order valence-electron chi connectivity index (χ4n) is 2.90. The fourth-order valence-corrected chi connectivity index (χ4v) is 3.96. The Kier molecular flexibility index (Phi) is 5.11. The van der Waals surface area contributed by atoms with Gasteiger partial charge in [-0.1, -0.05) is 26.7 Å². The highest BCUT2D eigenvalue weighted by Gasteiger charge is 2.23. The maximum atomic E-state index is 12.0. The Morgan fingerprint density at radius 1 is 1.33 bits per heavy atom. The zero-order valence-corrected chi connectivity index (χ0v) is 13.5. The molecule has 1 aromatic rings. The minimum atomic E-state index is -3.44. The summed E-state index contributed by atoms with van der Waals surface area (Å²) < 4.78 is 26.5. The summed E-state index contributed by atoms with van der Waals surface area (Å²) in [5.74, 6) is 1.35. The first-order chi connectivity index (χ1) is 9.94. The van der Waals surface area contributed by atoms with Gasteiger partial charge in [-0.05, 0) is 36.5 Å². The van der Waals surface area contributed by atoms with Crippen molar-refractivity contribution >= 4 is 21.4 Å². The average molecular weight is 311 g/mol. The van der Waals surface area contributed by atoms with Crippen LogP contribution in [0.25, 0.3) is 0 Å². The number of nitrogen functional groups attached to an aromatic ring is 1. The largest absolute Gasteiger partial charge is 0.397 e. The second-order valence-corrected chi connectivity index (χ2v) is 7.57. The molecule has 2 rings (SSSR count). The molecule has 1 fully saturated rings. The van der Waals surface area contributed by atoms with Gasteiger partial charge in [-0.25, -0.2) is 13.1 Å². The van der Waals surface area contributed by atoms with Crippen molar-refractivity contribution in [2.24, 2.45) is 11.8 Å². The lowest BCUT2D eigenvalue weighted by atomic mass is 9.98. The van der Waals surface area contributed by atoms with E-state index >= 15 is 0 Å². The predicted molar refractivity (Wildman–Crippen MR) is 86.7 cm³/mol. The van der Waals surface area contributed by atoms with Crippen LogP contribution in [0.1, 0.15) is 33.1 Å². The molecule has 2 unspecified atom stereocenters. The molecule has 0 aliphatic heterocycles. The first-order valence-corrected chi connectivity index (χ1v) is 9.05. The number of nitrogens with one attached hydrogen (secondary N) is 2. The number of nitrogens with two attached hydrogens (primary N) is 1. The van der Waals surface area contributed by atoms with Gasteiger partial charge in [0.05, 0.1) is 16.3 Å². The van der Waals surface area contributed by atoms with Crippen LogP contribution in [0.2, 0.25) is 0 Å². The second kappa shape index (κ2) is 6.66. The van der Waals surface area contributed by atoms with Crippen molar-refractivity contribution in [2.75, 3.05) is 24.1 Å². The van der Waals surface area contributed by atoms with Crippen molar-refractivity contribution in [3.8, 4) is 0 Å². The van der Waals surface area contributed by atoms with E-state index in [4.69, 9.17) is 5.73 Å². The monoisotopic (exact) mass is 311 g/mol. The van der Waals surface area contributed by atoms with Gasteiger partial charge >= 0.3 is 0 Å². The number of sulfonamides is 1. The Morgan fingerprint density at radius 2 is 2.10 bits per heavy atom. The van der Waals surface area contributed by atoms with Crippen LogP contribution in [-0.4, -0.2) is 21.5 Å². The molecule has 0 aromatic heterocycles. The van der Waals surface area contributed by atoms with Crippen LogP contribution in [0.5, 0.6) is 0 Å². The van der Waals surface area contributed by atoms with Crippen LogP contribution in [0.3, 0.4) is 0 Å². The summed E-state index contributed by atoms with van der Waals surface area (Å²) in [6, 6.07) is 4.80. The van der Waals surface area contributed by atoms with Crippen LogP contribution in [0, 0.1) is 11.8 Å². The Morgan fingerprint density at radius 3 is 2.71 bits per heavy atom. The highest BCUT2D eigenvalue weighted by atomic mass is 32.2. The first-order valence-electron chi connectivity index (χ1n) is 7.57. The Labute approximate surface area is 127 Å². The lowest BCUT2D eigenvalue weighted by Gasteiger charge is -2.18. The van der Waals surface area contributed by atoms with Gasteiger partial charge in [0.25, 0.3) is 0 Å². The van der Waals surface area contributed by atoms with E-state index in [0.29, 0.717) is 29.8 Å². The molecule has 0 saturated heterocycles. The zero-order valence-electron chi connectivity index (χ0n) is 12.7. The van der Waals surface area contributed by atoms with Crippen LogP contribution in [0.4, 0.5) is 11.4 Å². The van der Waals surface area contributed by atoms with E-state index in [9.17, 15) is 8.42 Å².